The van der Waals surface area contributed by atoms with E-state index < -0.39 is 0 Å². The molecule has 3 heteroatoms. The van der Waals surface area contributed by atoms with Crippen LogP contribution in [0.15, 0.2) is 60.4 Å². The molecule has 0 atom stereocenters. The Morgan fingerprint density at radius 3 is 2.55 bits per heavy atom. The maximum Gasteiger partial charge on any atom is 0.251 e. The van der Waals surface area contributed by atoms with Crippen LogP contribution in [0, 0.1) is 0 Å². The van der Waals surface area contributed by atoms with Crippen molar-refractivity contribution in [1.82, 2.24) is 9.88 Å². The number of amides is 1. The lowest BCUT2D eigenvalue weighted by atomic mass is 9.97. The molecular formula is C19H22N2O. The van der Waals surface area contributed by atoms with Crippen molar-refractivity contribution >= 4 is 5.91 Å². The van der Waals surface area contributed by atoms with E-state index in [0.29, 0.717) is 5.56 Å². The summed E-state index contributed by atoms with van der Waals surface area (Å²) in [4.78, 5) is 12.1. The van der Waals surface area contributed by atoms with Gasteiger partial charge in [-0.3, -0.25) is 4.79 Å². The van der Waals surface area contributed by atoms with Crippen LogP contribution in [0.2, 0.25) is 0 Å². The number of hydrogen-bond acceptors (Lipinski definition) is 1. The van der Waals surface area contributed by atoms with Crippen LogP contribution in [0.3, 0.4) is 0 Å². The predicted octanol–water partition coefficient (Wildman–Crippen LogP) is 4.10. The number of hydrogen-bond donors (Lipinski definition) is 1. The smallest absolute Gasteiger partial charge is 0.251 e. The van der Waals surface area contributed by atoms with Gasteiger partial charge in [-0.15, -0.1) is 0 Å². The van der Waals surface area contributed by atoms with E-state index in [1.54, 1.807) is 0 Å². The van der Waals surface area contributed by atoms with Gasteiger partial charge in [0, 0.05) is 30.2 Å². The Hall–Kier alpha value is -2.29. The van der Waals surface area contributed by atoms with Crippen LogP contribution in [0.4, 0.5) is 0 Å². The van der Waals surface area contributed by atoms with Crippen molar-refractivity contribution in [3.05, 3.63) is 66.0 Å². The second kappa shape index (κ2) is 7.12. The number of aromatic nitrogens is 1. The molecule has 0 radical (unpaired) electrons. The second-order valence-electron chi connectivity index (χ2n) is 5.75. The van der Waals surface area contributed by atoms with Gasteiger partial charge in [-0.05, 0) is 68.5 Å². The fraction of sp³-hybridized carbons (Fsp3) is 0.316. The van der Waals surface area contributed by atoms with Gasteiger partial charge in [0.15, 0.2) is 0 Å². The first-order valence-electron chi connectivity index (χ1n) is 8.02. The molecule has 114 valence electrons. The molecule has 1 N–H and O–H groups in total. The highest BCUT2D eigenvalue weighted by molar-refractivity contribution is 5.94. The first-order valence-corrected chi connectivity index (χ1v) is 8.02. The zero-order chi connectivity index (χ0) is 15.2. The van der Waals surface area contributed by atoms with E-state index in [9.17, 15) is 4.79 Å². The summed E-state index contributed by atoms with van der Waals surface area (Å²) in [5, 5.41) is 3.01. The Kier molecular flexibility index (Phi) is 4.74. The van der Waals surface area contributed by atoms with Crippen molar-refractivity contribution in [3.63, 3.8) is 0 Å². The number of carbonyl (C=O) groups excluding carboxylic acids is 1. The number of carbonyl (C=O) groups is 1. The summed E-state index contributed by atoms with van der Waals surface area (Å²) < 4.78 is 2.03. The molecule has 1 aliphatic rings. The van der Waals surface area contributed by atoms with E-state index in [-0.39, 0.29) is 5.91 Å². The molecule has 0 spiro atoms. The molecule has 2 aromatic rings. The van der Waals surface area contributed by atoms with Crippen molar-refractivity contribution in [3.8, 4) is 5.69 Å². The predicted molar refractivity (Wildman–Crippen MR) is 89.3 cm³/mol. The summed E-state index contributed by atoms with van der Waals surface area (Å²) in [6.45, 7) is 0.726. The van der Waals surface area contributed by atoms with Gasteiger partial charge in [0.25, 0.3) is 5.91 Å². The van der Waals surface area contributed by atoms with Gasteiger partial charge in [-0.2, -0.15) is 0 Å². The molecule has 22 heavy (non-hydrogen) atoms. The molecule has 3 rings (SSSR count). The molecule has 0 bridgehead atoms. The molecule has 0 saturated heterocycles. The van der Waals surface area contributed by atoms with E-state index in [1.807, 2.05) is 53.4 Å². The van der Waals surface area contributed by atoms with Crippen molar-refractivity contribution in [1.29, 1.82) is 0 Å². The molecule has 1 aromatic carbocycles. The fourth-order valence-electron chi connectivity index (χ4n) is 2.86. The maximum atomic E-state index is 12.1. The molecule has 0 unspecified atom stereocenters. The first-order chi connectivity index (χ1) is 10.8. The van der Waals surface area contributed by atoms with Crippen molar-refractivity contribution < 1.29 is 4.79 Å². The summed E-state index contributed by atoms with van der Waals surface area (Å²) >= 11 is 0. The van der Waals surface area contributed by atoms with Gasteiger partial charge in [0.1, 0.15) is 0 Å². The Balaban J connectivity index is 1.52. The number of nitrogens with one attached hydrogen (secondary N) is 1. The molecule has 0 aliphatic heterocycles. The average Bonchev–Trinajstić information content (AvgIpc) is 3.10. The van der Waals surface area contributed by atoms with Gasteiger partial charge in [0.05, 0.1) is 0 Å². The summed E-state index contributed by atoms with van der Waals surface area (Å²) in [7, 11) is 0. The number of rotatable bonds is 5. The van der Waals surface area contributed by atoms with Crippen LogP contribution >= 0.6 is 0 Å². The minimum absolute atomic E-state index is 0.00969. The Morgan fingerprint density at radius 2 is 1.86 bits per heavy atom. The van der Waals surface area contributed by atoms with Crippen molar-refractivity contribution in [2.24, 2.45) is 0 Å². The lowest BCUT2D eigenvalue weighted by Crippen LogP contribution is -2.24. The number of nitrogens with zero attached hydrogens (tertiary/aromatic N) is 1. The third-order valence-corrected chi connectivity index (χ3v) is 4.15. The Morgan fingerprint density at radius 1 is 1.09 bits per heavy atom. The van der Waals surface area contributed by atoms with E-state index in [1.165, 1.54) is 31.3 Å². The Bertz CT molecular complexity index is 639. The molecule has 0 saturated carbocycles. The third-order valence-electron chi connectivity index (χ3n) is 4.15. The summed E-state index contributed by atoms with van der Waals surface area (Å²) in [6.07, 6.45) is 12.3. The van der Waals surface area contributed by atoms with Gasteiger partial charge in [0.2, 0.25) is 0 Å². The number of allylic oxidation sites excluding steroid dienone is 1. The zero-order valence-corrected chi connectivity index (χ0v) is 12.8. The molecule has 3 nitrogen and oxygen atoms in total. The zero-order valence-electron chi connectivity index (χ0n) is 12.8. The highest BCUT2D eigenvalue weighted by Gasteiger charge is 2.07. The molecule has 1 amide bonds. The molecular weight excluding hydrogens is 272 g/mol. The van der Waals surface area contributed by atoms with Gasteiger partial charge < -0.3 is 9.88 Å². The SMILES string of the molecule is O=C(NCCC1=CCCCC1)c1ccc(-n2cccc2)cc1. The topological polar surface area (TPSA) is 34.0 Å². The van der Waals surface area contributed by atoms with Crippen LogP contribution in [-0.4, -0.2) is 17.0 Å². The summed E-state index contributed by atoms with van der Waals surface area (Å²) in [5.74, 6) is 0.00969. The maximum absolute atomic E-state index is 12.1. The lowest BCUT2D eigenvalue weighted by molar-refractivity contribution is 0.0954. The highest BCUT2D eigenvalue weighted by atomic mass is 16.1. The van der Waals surface area contributed by atoms with Crippen molar-refractivity contribution in [2.75, 3.05) is 6.54 Å². The molecule has 1 aliphatic carbocycles. The Labute approximate surface area is 131 Å². The second-order valence-corrected chi connectivity index (χ2v) is 5.75. The minimum atomic E-state index is 0.00969. The average molecular weight is 294 g/mol. The van der Waals surface area contributed by atoms with E-state index in [4.69, 9.17) is 0 Å². The van der Waals surface area contributed by atoms with Crippen molar-refractivity contribution in [2.45, 2.75) is 32.1 Å². The third kappa shape index (κ3) is 3.67. The van der Waals surface area contributed by atoms with Crippen LogP contribution in [0.25, 0.3) is 5.69 Å². The number of benzene rings is 1. The molecule has 1 aromatic heterocycles. The minimum Gasteiger partial charge on any atom is -0.352 e. The largest absolute Gasteiger partial charge is 0.352 e. The van der Waals surface area contributed by atoms with E-state index >= 15 is 0 Å². The standard InChI is InChI=1S/C19H22N2O/c22-19(20-13-12-16-6-2-1-3-7-16)17-8-10-18(11-9-17)21-14-4-5-15-21/h4-6,8-11,14-15H,1-3,7,12-13H2,(H,20,22). The van der Waals surface area contributed by atoms with E-state index in [2.05, 4.69) is 11.4 Å². The molecule has 1 heterocycles. The van der Waals surface area contributed by atoms with Crippen LogP contribution in [0.5, 0.6) is 0 Å². The summed E-state index contributed by atoms with van der Waals surface area (Å²) in [5.41, 5.74) is 3.27. The van der Waals surface area contributed by atoms with Gasteiger partial charge in [-0.25, -0.2) is 0 Å². The first kappa shape index (κ1) is 14.6. The highest BCUT2D eigenvalue weighted by Crippen LogP contribution is 2.19. The summed E-state index contributed by atoms with van der Waals surface area (Å²) in [6, 6.07) is 11.7. The monoisotopic (exact) mass is 294 g/mol. The fourth-order valence-corrected chi connectivity index (χ4v) is 2.86. The molecule has 0 fully saturated rings. The quantitative estimate of drug-likeness (QED) is 0.828. The normalized spacial score (nSPS) is 14.5. The van der Waals surface area contributed by atoms with E-state index in [0.717, 1.165) is 18.7 Å². The van der Waals surface area contributed by atoms with Crippen LogP contribution < -0.4 is 5.32 Å². The van der Waals surface area contributed by atoms with Gasteiger partial charge in [-0.1, -0.05) is 11.6 Å². The van der Waals surface area contributed by atoms with Crippen LogP contribution in [-0.2, 0) is 0 Å². The lowest BCUT2D eigenvalue weighted by Gasteiger charge is -2.13. The van der Waals surface area contributed by atoms with Crippen LogP contribution in [0.1, 0.15) is 42.5 Å². The van der Waals surface area contributed by atoms with Gasteiger partial charge >= 0.3 is 0 Å².